The summed E-state index contributed by atoms with van der Waals surface area (Å²) < 4.78 is 4.81. The minimum atomic E-state index is -0.600. The molecular weight excluding hydrogens is 368 g/mol. The summed E-state index contributed by atoms with van der Waals surface area (Å²) in [7, 11) is 1.34. The average molecular weight is 413 g/mol. The number of rotatable bonds is 19. The van der Waals surface area contributed by atoms with E-state index in [-0.39, 0.29) is 11.8 Å². The largest absolute Gasteiger partial charge is 0.467 e. The van der Waals surface area contributed by atoms with Gasteiger partial charge < -0.3 is 15.4 Å². The first-order valence-corrected chi connectivity index (χ1v) is 11.7. The second-order valence-electron chi connectivity index (χ2n) is 7.82. The molecule has 0 saturated carbocycles. The highest BCUT2D eigenvalue weighted by Gasteiger charge is 2.20. The van der Waals surface area contributed by atoms with E-state index in [0.29, 0.717) is 25.8 Å². The Balaban J connectivity index is 3.93. The lowest BCUT2D eigenvalue weighted by atomic mass is 10.1. The van der Waals surface area contributed by atoms with Crippen molar-refractivity contribution in [3.8, 4) is 0 Å². The van der Waals surface area contributed by atoms with Crippen molar-refractivity contribution in [2.75, 3.05) is 13.7 Å². The van der Waals surface area contributed by atoms with Gasteiger partial charge in [0.25, 0.3) is 0 Å². The van der Waals surface area contributed by atoms with E-state index in [9.17, 15) is 14.4 Å². The molecule has 0 fully saturated rings. The van der Waals surface area contributed by atoms with Crippen LogP contribution >= 0.6 is 0 Å². The molecule has 6 heteroatoms. The van der Waals surface area contributed by atoms with Crippen molar-refractivity contribution in [1.82, 2.24) is 10.6 Å². The first-order chi connectivity index (χ1) is 14.0. The van der Waals surface area contributed by atoms with Crippen LogP contribution in [0.25, 0.3) is 0 Å². The molecule has 170 valence electrons. The first-order valence-electron chi connectivity index (χ1n) is 11.7. The molecular formula is C23H44N2O4. The molecule has 2 N–H and O–H groups in total. The minimum absolute atomic E-state index is 0.0896. The van der Waals surface area contributed by atoms with E-state index in [1.165, 1.54) is 39.2 Å². The van der Waals surface area contributed by atoms with E-state index in [4.69, 9.17) is 4.74 Å². The Bertz CT molecular complexity index is 441. The van der Waals surface area contributed by atoms with Crippen LogP contribution < -0.4 is 10.6 Å². The predicted molar refractivity (Wildman–Crippen MR) is 118 cm³/mol. The average Bonchev–Trinajstić information content (AvgIpc) is 2.71. The molecule has 0 aromatic rings. The molecule has 1 atom stereocenters. The van der Waals surface area contributed by atoms with E-state index in [1.807, 2.05) is 0 Å². The Hall–Kier alpha value is -1.59. The summed E-state index contributed by atoms with van der Waals surface area (Å²) in [6, 6.07) is -0.600. The lowest BCUT2D eigenvalue weighted by molar-refractivity contribution is -0.145. The van der Waals surface area contributed by atoms with Gasteiger partial charge in [-0.25, -0.2) is 4.79 Å². The molecule has 0 bridgehead atoms. The Kier molecular flexibility index (Phi) is 18.6. The third-order valence-electron chi connectivity index (χ3n) is 5.08. The first kappa shape index (κ1) is 27.4. The third-order valence-corrected chi connectivity index (χ3v) is 5.08. The van der Waals surface area contributed by atoms with E-state index in [2.05, 4.69) is 24.5 Å². The zero-order valence-corrected chi connectivity index (χ0v) is 19.0. The number of nitrogens with one attached hydrogen (secondary N) is 2. The molecule has 0 radical (unpaired) electrons. The number of carbonyl (C=O) groups is 3. The monoisotopic (exact) mass is 412 g/mol. The second-order valence-corrected chi connectivity index (χ2v) is 7.82. The summed E-state index contributed by atoms with van der Waals surface area (Å²) in [5.74, 6) is -0.392. The van der Waals surface area contributed by atoms with Gasteiger partial charge in [-0.05, 0) is 32.1 Å². The van der Waals surface area contributed by atoms with Crippen LogP contribution in [0.4, 0.5) is 0 Å². The van der Waals surface area contributed by atoms with Crippen LogP contribution in [0.3, 0.4) is 0 Å². The van der Waals surface area contributed by atoms with Crippen molar-refractivity contribution in [2.45, 2.75) is 116 Å². The number of amides is 2. The fraction of sp³-hybridized carbons (Fsp3) is 0.870. The fourth-order valence-corrected chi connectivity index (χ4v) is 3.23. The summed E-state index contributed by atoms with van der Waals surface area (Å²) in [4.78, 5) is 35.8. The van der Waals surface area contributed by atoms with Crippen LogP contribution in [0.15, 0.2) is 0 Å². The standard InChI is InChI=1S/C23H44N2O4/c1-4-6-8-10-12-17-21(26)24-19-15-14-16-20(23(28)29-3)25-22(27)18-13-11-9-7-5-2/h20H,4-19H2,1-3H3,(H,24,26)(H,25,27). The van der Waals surface area contributed by atoms with Gasteiger partial charge >= 0.3 is 5.97 Å². The highest BCUT2D eigenvalue weighted by molar-refractivity contribution is 5.84. The van der Waals surface area contributed by atoms with E-state index in [0.717, 1.165) is 44.9 Å². The van der Waals surface area contributed by atoms with Crippen molar-refractivity contribution in [2.24, 2.45) is 0 Å². The summed E-state index contributed by atoms with van der Waals surface area (Å²) in [5, 5.41) is 5.74. The van der Waals surface area contributed by atoms with Crippen LogP contribution in [0, 0.1) is 0 Å². The number of esters is 1. The van der Waals surface area contributed by atoms with Crippen molar-refractivity contribution in [3.63, 3.8) is 0 Å². The van der Waals surface area contributed by atoms with E-state index in [1.54, 1.807) is 0 Å². The van der Waals surface area contributed by atoms with Crippen LogP contribution in [0.2, 0.25) is 0 Å². The molecule has 6 nitrogen and oxygen atoms in total. The normalized spacial score (nSPS) is 11.7. The topological polar surface area (TPSA) is 84.5 Å². The van der Waals surface area contributed by atoms with Crippen molar-refractivity contribution < 1.29 is 19.1 Å². The Morgan fingerprint density at radius 3 is 1.83 bits per heavy atom. The Morgan fingerprint density at radius 2 is 1.28 bits per heavy atom. The molecule has 0 aromatic heterocycles. The lowest BCUT2D eigenvalue weighted by Crippen LogP contribution is -2.41. The van der Waals surface area contributed by atoms with Crippen LogP contribution in [-0.2, 0) is 19.1 Å². The van der Waals surface area contributed by atoms with Gasteiger partial charge in [-0.15, -0.1) is 0 Å². The summed E-state index contributed by atoms with van der Waals surface area (Å²) >= 11 is 0. The summed E-state index contributed by atoms with van der Waals surface area (Å²) in [6.45, 7) is 4.94. The van der Waals surface area contributed by atoms with Gasteiger partial charge in [-0.2, -0.15) is 0 Å². The molecule has 0 spiro atoms. The van der Waals surface area contributed by atoms with Crippen LogP contribution in [0.1, 0.15) is 110 Å². The van der Waals surface area contributed by atoms with Gasteiger partial charge in [0.05, 0.1) is 7.11 Å². The molecule has 2 amide bonds. The Morgan fingerprint density at radius 1 is 0.724 bits per heavy atom. The highest BCUT2D eigenvalue weighted by atomic mass is 16.5. The van der Waals surface area contributed by atoms with Crippen molar-refractivity contribution in [3.05, 3.63) is 0 Å². The van der Waals surface area contributed by atoms with Crippen molar-refractivity contribution >= 4 is 17.8 Å². The van der Waals surface area contributed by atoms with Gasteiger partial charge in [-0.1, -0.05) is 65.2 Å². The molecule has 0 rings (SSSR count). The molecule has 0 aliphatic carbocycles. The zero-order chi connectivity index (χ0) is 21.7. The zero-order valence-electron chi connectivity index (χ0n) is 19.0. The maximum absolute atomic E-state index is 12.1. The van der Waals surface area contributed by atoms with Gasteiger partial charge in [0.1, 0.15) is 6.04 Å². The van der Waals surface area contributed by atoms with Gasteiger partial charge in [-0.3, -0.25) is 9.59 Å². The smallest absolute Gasteiger partial charge is 0.328 e. The number of carbonyl (C=O) groups excluding carboxylic acids is 3. The molecule has 1 unspecified atom stereocenters. The van der Waals surface area contributed by atoms with Crippen LogP contribution in [0.5, 0.6) is 0 Å². The molecule has 0 saturated heterocycles. The molecule has 0 aliphatic heterocycles. The number of unbranched alkanes of at least 4 members (excludes halogenated alkanes) is 9. The summed E-state index contributed by atoms with van der Waals surface area (Å²) in [5.41, 5.74) is 0. The number of hydrogen-bond acceptors (Lipinski definition) is 4. The highest BCUT2D eigenvalue weighted by Crippen LogP contribution is 2.08. The summed E-state index contributed by atoms with van der Waals surface area (Å²) in [6.07, 6.45) is 14.2. The molecule has 0 heterocycles. The van der Waals surface area contributed by atoms with Crippen molar-refractivity contribution in [1.29, 1.82) is 0 Å². The van der Waals surface area contributed by atoms with Gasteiger partial charge in [0.15, 0.2) is 0 Å². The maximum Gasteiger partial charge on any atom is 0.328 e. The number of ether oxygens (including phenoxy) is 1. The second kappa shape index (κ2) is 19.7. The van der Waals surface area contributed by atoms with Crippen LogP contribution in [-0.4, -0.2) is 37.5 Å². The molecule has 0 aromatic carbocycles. The van der Waals surface area contributed by atoms with E-state index < -0.39 is 12.0 Å². The number of hydrogen-bond donors (Lipinski definition) is 2. The number of methoxy groups -OCH3 is 1. The predicted octanol–water partition coefficient (Wildman–Crippen LogP) is 4.65. The van der Waals surface area contributed by atoms with Gasteiger partial charge in [0.2, 0.25) is 11.8 Å². The maximum atomic E-state index is 12.1. The molecule has 0 aliphatic rings. The molecule has 29 heavy (non-hydrogen) atoms. The lowest BCUT2D eigenvalue weighted by Gasteiger charge is -2.16. The quantitative estimate of drug-likeness (QED) is 0.239. The SMILES string of the molecule is CCCCCCCC(=O)NCCCCC(NC(=O)CCCCCCC)C(=O)OC. The third kappa shape index (κ3) is 17.0. The van der Waals surface area contributed by atoms with E-state index >= 15 is 0 Å². The van der Waals surface area contributed by atoms with Gasteiger partial charge in [0, 0.05) is 19.4 Å². The Labute approximate surface area is 177 Å². The fourth-order valence-electron chi connectivity index (χ4n) is 3.23. The minimum Gasteiger partial charge on any atom is -0.467 e.